The highest BCUT2D eigenvalue weighted by Crippen LogP contribution is 2.15. The van der Waals surface area contributed by atoms with E-state index in [1.165, 1.54) is 0 Å². The summed E-state index contributed by atoms with van der Waals surface area (Å²) in [5.74, 6) is 0. The summed E-state index contributed by atoms with van der Waals surface area (Å²) in [6.07, 6.45) is 7.05. The number of hydrogen-bond donors (Lipinski definition) is 2. The van der Waals surface area contributed by atoms with Gasteiger partial charge in [-0.15, -0.1) is 0 Å². The standard InChI is InChI=1S/C18H19N5O/c1-14(22-18(24)20-13-15-7-10-19-11-8-15)16-3-5-17(6-4-16)23-12-2-9-21-23/h2-12,14H,13H2,1H3,(H2,20,22,24). The molecule has 2 heterocycles. The summed E-state index contributed by atoms with van der Waals surface area (Å²) in [7, 11) is 0. The van der Waals surface area contributed by atoms with Gasteiger partial charge in [0.15, 0.2) is 0 Å². The number of nitrogens with one attached hydrogen (secondary N) is 2. The molecule has 0 saturated carbocycles. The van der Waals surface area contributed by atoms with Crippen LogP contribution in [0.2, 0.25) is 0 Å². The lowest BCUT2D eigenvalue weighted by atomic mass is 10.1. The van der Waals surface area contributed by atoms with Crippen molar-refractivity contribution in [2.45, 2.75) is 19.5 Å². The van der Waals surface area contributed by atoms with Crippen molar-refractivity contribution >= 4 is 6.03 Å². The fourth-order valence-corrected chi connectivity index (χ4v) is 2.35. The fraction of sp³-hybridized carbons (Fsp3) is 0.167. The summed E-state index contributed by atoms with van der Waals surface area (Å²) in [4.78, 5) is 16.0. The van der Waals surface area contributed by atoms with Gasteiger partial charge in [0.05, 0.1) is 11.7 Å². The molecule has 1 aromatic carbocycles. The lowest BCUT2D eigenvalue weighted by Crippen LogP contribution is -2.36. The number of carbonyl (C=O) groups is 1. The summed E-state index contributed by atoms with van der Waals surface area (Å²) in [6.45, 7) is 2.42. The van der Waals surface area contributed by atoms with Gasteiger partial charge in [-0.3, -0.25) is 4.98 Å². The quantitative estimate of drug-likeness (QED) is 0.759. The van der Waals surface area contributed by atoms with E-state index in [4.69, 9.17) is 0 Å². The molecular formula is C18H19N5O. The Hall–Kier alpha value is -3.15. The van der Waals surface area contributed by atoms with Crippen LogP contribution in [0.4, 0.5) is 4.79 Å². The zero-order valence-electron chi connectivity index (χ0n) is 13.4. The summed E-state index contributed by atoms with van der Waals surface area (Å²) in [5.41, 5.74) is 3.03. The Bertz CT molecular complexity index is 769. The Labute approximate surface area is 140 Å². The number of urea groups is 1. The van der Waals surface area contributed by atoms with Gasteiger partial charge < -0.3 is 10.6 Å². The normalized spacial score (nSPS) is 11.7. The van der Waals surface area contributed by atoms with Crippen molar-refractivity contribution in [3.8, 4) is 5.69 Å². The first kappa shape index (κ1) is 15.7. The third-order valence-electron chi connectivity index (χ3n) is 3.71. The van der Waals surface area contributed by atoms with Gasteiger partial charge in [-0.1, -0.05) is 12.1 Å². The summed E-state index contributed by atoms with van der Waals surface area (Å²) in [5, 5.41) is 9.97. The second-order valence-corrected chi connectivity index (χ2v) is 5.45. The number of pyridine rings is 1. The molecule has 3 rings (SSSR count). The minimum atomic E-state index is -0.199. The molecule has 2 amide bonds. The van der Waals surface area contributed by atoms with Crippen LogP contribution in [0.25, 0.3) is 5.69 Å². The highest BCUT2D eigenvalue weighted by atomic mass is 16.2. The van der Waals surface area contributed by atoms with E-state index in [0.29, 0.717) is 6.54 Å². The van der Waals surface area contributed by atoms with Gasteiger partial charge in [0.25, 0.3) is 0 Å². The molecule has 0 aliphatic heterocycles. The van der Waals surface area contributed by atoms with Crippen LogP contribution in [0.3, 0.4) is 0 Å². The van der Waals surface area contributed by atoms with Gasteiger partial charge in [0.2, 0.25) is 0 Å². The van der Waals surface area contributed by atoms with Crippen molar-refractivity contribution in [2.24, 2.45) is 0 Å². The van der Waals surface area contributed by atoms with Crippen molar-refractivity contribution < 1.29 is 4.79 Å². The first-order valence-electron chi connectivity index (χ1n) is 7.75. The predicted octanol–water partition coefficient (Wildman–Crippen LogP) is 2.83. The van der Waals surface area contributed by atoms with Crippen molar-refractivity contribution in [1.29, 1.82) is 0 Å². The molecule has 0 fully saturated rings. The van der Waals surface area contributed by atoms with Crippen LogP contribution in [-0.4, -0.2) is 20.8 Å². The number of aromatic nitrogens is 3. The molecule has 0 aliphatic carbocycles. The van der Waals surface area contributed by atoms with Crippen molar-refractivity contribution in [3.63, 3.8) is 0 Å². The van der Waals surface area contributed by atoms with E-state index < -0.39 is 0 Å². The van der Waals surface area contributed by atoms with E-state index in [9.17, 15) is 4.79 Å². The molecular weight excluding hydrogens is 302 g/mol. The van der Waals surface area contributed by atoms with Gasteiger partial charge in [0.1, 0.15) is 0 Å². The Balaban J connectivity index is 1.54. The molecule has 6 nitrogen and oxygen atoms in total. The Morgan fingerprint density at radius 3 is 2.54 bits per heavy atom. The molecule has 0 radical (unpaired) electrons. The van der Waals surface area contributed by atoms with E-state index in [-0.39, 0.29) is 12.1 Å². The van der Waals surface area contributed by atoms with E-state index in [0.717, 1.165) is 16.8 Å². The summed E-state index contributed by atoms with van der Waals surface area (Å²) in [6, 6.07) is 13.3. The predicted molar refractivity (Wildman–Crippen MR) is 91.6 cm³/mol. The van der Waals surface area contributed by atoms with E-state index in [1.54, 1.807) is 23.3 Å². The molecule has 1 atom stereocenters. The van der Waals surface area contributed by atoms with Crippen LogP contribution < -0.4 is 10.6 Å². The second-order valence-electron chi connectivity index (χ2n) is 5.45. The largest absolute Gasteiger partial charge is 0.334 e. The van der Waals surface area contributed by atoms with Crippen LogP contribution in [-0.2, 0) is 6.54 Å². The molecule has 0 saturated heterocycles. The molecule has 2 aromatic heterocycles. The second kappa shape index (κ2) is 7.41. The first-order valence-corrected chi connectivity index (χ1v) is 7.75. The maximum atomic E-state index is 12.0. The zero-order valence-corrected chi connectivity index (χ0v) is 13.4. The number of benzene rings is 1. The molecule has 2 N–H and O–H groups in total. The maximum Gasteiger partial charge on any atom is 0.315 e. The van der Waals surface area contributed by atoms with Crippen LogP contribution in [0.1, 0.15) is 24.1 Å². The lowest BCUT2D eigenvalue weighted by molar-refractivity contribution is 0.237. The highest BCUT2D eigenvalue weighted by molar-refractivity contribution is 5.74. The molecule has 0 spiro atoms. The third-order valence-corrected chi connectivity index (χ3v) is 3.71. The average Bonchev–Trinajstić information content (AvgIpc) is 3.16. The monoisotopic (exact) mass is 321 g/mol. The number of hydrogen-bond acceptors (Lipinski definition) is 3. The first-order chi connectivity index (χ1) is 11.7. The minimum Gasteiger partial charge on any atom is -0.334 e. The van der Waals surface area contributed by atoms with Gasteiger partial charge in [-0.25, -0.2) is 9.48 Å². The Kier molecular flexibility index (Phi) is 4.86. The van der Waals surface area contributed by atoms with E-state index in [2.05, 4.69) is 20.7 Å². The Morgan fingerprint density at radius 2 is 1.88 bits per heavy atom. The van der Waals surface area contributed by atoms with Gasteiger partial charge >= 0.3 is 6.03 Å². The summed E-state index contributed by atoms with van der Waals surface area (Å²) >= 11 is 0. The number of nitrogens with zero attached hydrogens (tertiary/aromatic N) is 3. The Morgan fingerprint density at radius 1 is 1.12 bits per heavy atom. The molecule has 3 aromatic rings. The van der Waals surface area contributed by atoms with Crippen molar-refractivity contribution in [2.75, 3.05) is 0 Å². The zero-order chi connectivity index (χ0) is 16.8. The maximum absolute atomic E-state index is 12.0. The minimum absolute atomic E-state index is 0.0888. The average molecular weight is 321 g/mol. The molecule has 122 valence electrons. The fourth-order valence-electron chi connectivity index (χ4n) is 2.35. The van der Waals surface area contributed by atoms with Crippen molar-refractivity contribution in [1.82, 2.24) is 25.4 Å². The highest BCUT2D eigenvalue weighted by Gasteiger charge is 2.09. The van der Waals surface area contributed by atoms with E-state index in [1.807, 2.05) is 55.6 Å². The van der Waals surface area contributed by atoms with Gasteiger partial charge in [0, 0.05) is 31.3 Å². The molecule has 0 aliphatic rings. The molecule has 6 heteroatoms. The molecule has 0 bridgehead atoms. The van der Waals surface area contributed by atoms with Crippen LogP contribution in [0.15, 0.2) is 67.3 Å². The van der Waals surface area contributed by atoms with Crippen molar-refractivity contribution in [3.05, 3.63) is 78.4 Å². The SMILES string of the molecule is CC(NC(=O)NCc1ccncc1)c1ccc(-n2cccn2)cc1. The molecule has 24 heavy (non-hydrogen) atoms. The number of amides is 2. The number of rotatable bonds is 5. The topological polar surface area (TPSA) is 71.8 Å². The van der Waals surface area contributed by atoms with E-state index >= 15 is 0 Å². The third kappa shape index (κ3) is 3.98. The molecule has 1 unspecified atom stereocenters. The van der Waals surface area contributed by atoms with Crippen LogP contribution in [0.5, 0.6) is 0 Å². The summed E-state index contributed by atoms with van der Waals surface area (Å²) < 4.78 is 1.79. The lowest BCUT2D eigenvalue weighted by Gasteiger charge is -2.15. The number of carbonyl (C=O) groups excluding carboxylic acids is 1. The smallest absolute Gasteiger partial charge is 0.315 e. The van der Waals surface area contributed by atoms with Crippen LogP contribution in [0, 0.1) is 0 Å². The van der Waals surface area contributed by atoms with Crippen LogP contribution >= 0.6 is 0 Å². The van der Waals surface area contributed by atoms with Gasteiger partial charge in [-0.2, -0.15) is 5.10 Å². The van der Waals surface area contributed by atoms with Gasteiger partial charge in [-0.05, 0) is 48.4 Å².